The summed E-state index contributed by atoms with van der Waals surface area (Å²) in [7, 11) is 0. The van der Waals surface area contributed by atoms with Gasteiger partial charge in [-0.2, -0.15) is 5.26 Å². The van der Waals surface area contributed by atoms with Crippen LogP contribution >= 0.6 is 0 Å². The van der Waals surface area contributed by atoms with E-state index in [0.29, 0.717) is 12.1 Å². The molecule has 17 heavy (non-hydrogen) atoms. The summed E-state index contributed by atoms with van der Waals surface area (Å²) >= 11 is 0. The highest BCUT2D eigenvalue weighted by Gasteiger charge is 2.06. The largest absolute Gasteiger partial charge is 0.481 e. The summed E-state index contributed by atoms with van der Waals surface area (Å²) in [6, 6.07) is 9.44. The van der Waals surface area contributed by atoms with Gasteiger partial charge in [0.1, 0.15) is 0 Å². The fourth-order valence-corrected chi connectivity index (χ4v) is 1.55. The van der Waals surface area contributed by atoms with Crippen LogP contribution in [0.2, 0.25) is 0 Å². The summed E-state index contributed by atoms with van der Waals surface area (Å²) in [4.78, 5) is 12.6. The minimum Gasteiger partial charge on any atom is -0.481 e. The van der Waals surface area contributed by atoms with Crippen LogP contribution in [0.25, 0.3) is 0 Å². The van der Waals surface area contributed by atoms with Crippen molar-refractivity contribution in [1.82, 2.24) is 4.90 Å². The molecule has 0 atom stereocenters. The normalized spacial score (nSPS) is 10.2. The van der Waals surface area contributed by atoms with Crippen molar-refractivity contribution in [1.29, 1.82) is 5.26 Å². The van der Waals surface area contributed by atoms with Gasteiger partial charge in [0.15, 0.2) is 0 Å². The molecule has 0 fully saturated rings. The fraction of sp³-hybridized carbons (Fsp3) is 0.385. The van der Waals surface area contributed by atoms with Gasteiger partial charge in [0.25, 0.3) is 0 Å². The first-order valence-corrected chi connectivity index (χ1v) is 5.59. The molecule has 0 amide bonds. The Morgan fingerprint density at radius 2 is 2.06 bits per heavy atom. The van der Waals surface area contributed by atoms with Crippen molar-refractivity contribution in [2.75, 3.05) is 13.1 Å². The Hall–Kier alpha value is -1.86. The molecule has 0 spiro atoms. The van der Waals surface area contributed by atoms with E-state index in [0.717, 1.165) is 18.7 Å². The maximum Gasteiger partial charge on any atom is 0.304 e. The number of carboxylic acids is 1. The molecule has 1 aromatic rings. The molecule has 1 rings (SSSR count). The van der Waals surface area contributed by atoms with Gasteiger partial charge in [0.2, 0.25) is 0 Å². The second-order valence-electron chi connectivity index (χ2n) is 3.82. The van der Waals surface area contributed by atoms with Gasteiger partial charge in [-0.25, -0.2) is 0 Å². The van der Waals surface area contributed by atoms with Crippen molar-refractivity contribution in [3.8, 4) is 6.07 Å². The van der Waals surface area contributed by atoms with Crippen LogP contribution in [-0.2, 0) is 11.3 Å². The molecule has 0 bridgehead atoms. The highest BCUT2D eigenvalue weighted by atomic mass is 16.4. The molecule has 0 heterocycles. The number of nitrogens with zero attached hydrogens (tertiary/aromatic N) is 2. The average molecular weight is 232 g/mol. The van der Waals surface area contributed by atoms with Crippen LogP contribution < -0.4 is 0 Å². The van der Waals surface area contributed by atoms with Crippen molar-refractivity contribution >= 4 is 5.97 Å². The molecular weight excluding hydrogens is 216 g/mol. The smallest absolute Gasteiger partial charge is 0.304 e. The first-order valence-electron chi connectivity index (χ1n) is 5.59. The average Bonchev–Trinajstić information content (AvgIpc) is 2.35. The third kappa shape index (κ3) is 4.66. The molecule has 90 valence electrons. The monoisotopic (exact) mass is 232 g/mol. The molecule has 1 aromatic carbocycles. The quantitative estimate of drug-likeness (QED) is 0.813. The van der Waals surface area contributed by atoms with Crippen molar-refractivity contribution in [3.05, 3.63) is 35.4 Å². The summed E-state index contributed by atoms with van der Waals surface area (Å²) in [6.07, 6.45) is 0.157. The maximum atomic E-state index is 10.5. The van der Waals surface area contributed by atoms with Crippen molar-refractivity contribution < 1.29 is 9.90 Å². The third-order valence-corrected chi connectivity index (χ3v) is 2.58. The fourth-order valence-electron chi connectivity index (χ4n) is 1.55. The Kier molecular flexibility index (Phi) is 5.18. The second-order valence-corrected chi connectivity index (χ2v) is 3.82. The molecule has 4 nitrogen and oxygen atoms in total. The minimum absolute atomic E-state index is 0.157. The summed E-state index contributed by atoms with van der Waals surface area (Å²) in [5.41, 5.74) is 1.73. The van der Waals surface area contributed by atoms with Crippen LogP contribution in [0.3, 0.4) is 0 Å². The molecule has 0 aliphatic rings. The van der Waals surface area contributed by atoms with E-state index >= 15 is 0 Å². The molecule has 0 aliphatic heterocycles. The first-order chi connectivity index (χ1) is 8.15. The number of hydrogen-bond acceptors (Lipinski definition) is 3. The first kappa shape index (κ1) is 13.2. The standard InChI is InChI=1S/C13H16N2O2/c1-2-15(8-7-13(16)17)10-12-5-3-11(9-14)4-6-12/h3-6H,2,7-8,10H2,1H3,(H,16,17). The minimum atomic E-state index is -0.775. The highest BCUT2D eigenvalue weighted by molar-refractivity contribution is 5.66. The van der Waals surface area contributed by atoms with E-state index in [1.54, 1.807) is 12.1 Å². The molecule has 0 saturated heterocycles. The molecule has 1 N–H and O–H groups in total. The number of benzene rings is 1. The number of carboxylic acid groups (broad SMARTS) is 1. The molecule has 0 saturated carbocycles. The van der Waals surface area contributed by atoms with Crippen molar-refractivity contribution in [2.45, 2.75) is 19.9 Å². The summed E-state index contributed by atoms with van der Waals surface area (Å²) in [5, 5.41) is 17.3. The Bertz CT molecular complexity index is 406. The Balaban J connectivity index is 2.55. The molecule has 0 aliphatic carbocycles. The Morgan fingerprint density at radius 1 is 1.41 bits per heavy atom. The number of rotatable bonds is 6. The Labute approximate surface area is 101 Å². The van der Waals surface area contributed by atoms with Gasteiger partial charge in [-0.15, -0.1) is 0 Å². The molecular formula is C13H16N2O2. The van der Waals surface area contributed by atoms with Crippen molar-refractivity contribution in [3.63, 3.8) is 0 Å². The molecule has 0 radical (unpaired) electrons. The van der Waals surface area contributed by atoms with Crippen LogP contribution in [0.4, 0.5) is 0 Å². The number of carbonyl (C=O) groups is 1. The highest BCUT2D eigenvalue weighted by Crippen LogP contribution is 2.07. The maximum absolute atomic E-state index is 10.5. The van der Waals surface area contributed by atoms with Crippen LogP contribution in [-0.4, -0.2) is 29.1 Å². The lowest BCUT2D eigenvalue weighted by Gasteiger charge is -2.19. The molecule has 0 unspecified atom stereocenters. The molecule has 0 aromatic heterocycles. The van der Waals surface area contributed by atoms with Gasteiger partial charge < -0.3 is 5.11 Å². The van der Waals surface area contributed by atoms with E-state index in [1.807, 2.05) is 19.1 Å². The van der Waals surface area contributed by atoms with E-state index in [9.17, 15) is 4.79 Å². The SMILES string of the molecule is CCN(CCC(=O)O)Cc1ccc(C#N)cc1. The summed E-state index contributed by atoms with van der Waals surface area (Å²) in [6.45, 7) is 4.08. The van der Waals surface area contributed by atoms with E-state index in [2.05, 4.69) is 11.0 Å². The summed E-state index contributed by atoms with van der Waals surface area (Å²) in [5.74, 6) is -0.775. The predicted octanol–water partition coefficient (Wildman–Crippen LogP) is 1.85. The van der Waals surface area contributed by atoms with E-state index in [4.69, 9.17) is 10.4 Å². The number of hydrogen-bond donors (Lipinski definition) is 1. The van der Waals surface area contributed by atoms with E-state index < -0.39 is 5.97 Å². The van der Waals surface area contributed by atoms with Gasteiger partial charge in [-0.1, -0.05) is 19.1 Å². The van der Waals surface area contributed by atoms with Crippen LogP contribution in [0.15, 0.2) is 24.3 Å². The number of aliphatic carboxylic acids is 1. The molecule has 4 heteroatoms. The van der Waals surface area contributed by atoms with E-state index in [1.165, 1.54) is 0 Å². The zero-order chi connectivity index (χ0) is 12.7. The lowest BCUT2D eigenvalue weighted by molar-refractivity contribution is -0.137. The zero-order valence-corrected chi connectivity index (χ0v) is 9.89. The van der Waals surface area contributed by atoms with Crippen LogP contribution in [0.5, 0.6) is 0 Å². The van der Waals surface area contributed by atoms with Crippen LogP contribution in [0, 0.1) is 11.3 Å². The van der Waals surface area contributed by atoms with Crippen LogP contribution in [0.1, 0.15) is 24.5 Å². The van der Waals surface area contributed by atoms with Gasteiger partial charge >= 0.3 is 5.97 Å². The lowest BCUT2D eigenvalue weighted by Crippen LogP contribution is -2.25. The topological polar surface area (TPSA) is 64.3 Å². The van der Waals surface area contributed by atoms with E-state index in [-0.39, 0.29) is 6.42 Å². The van der Waals surface area contributed by atoms with Gasteiger partial charge in [0.05, 0.1) is 18.1 Å². The van der Waals surface area contributed by atoms with Crippen molar-refractivity contribution in [2.24, 2.45) is 0 Å². The zero-order valence-electron chi connectivity index (χ0n) is 9.89. The lowest BCUT2D eigenvalue weighted by atomic mass is 10.1. The third-order valence-electron chi connectivity index (χ3n) is 2.58. The van der Waals surface area contributed by atoms with Gasteiger partial charge in [-0.3, -0.25) is 9.69 Å². The predicted molar refractivity (Wildman–Crippen MR) is 64.4 cm³/mol. The van der Waals surface area contributed by atoms with Gasteiger partial charge in [0, 0.05) is 13.1 Å². The second kappa shape index (κ2) is 6.66. The Morgan fingerprint density at radius 3 is 2.53 bits per heavy atom. The van der Waals surface area contributed by atoms with Gasteiger partial charge in [-0.05, 0) is 24.2 Å². The number of nitriles is 1. The summed E-state index contributed by atoms with van der Waals surface area (Å²) < 4.78 is 0.